The van der Waals surface area contributed by atoms with Gasteiger partial charge in [-0.05, 0) is 18.4 Å². The first kappa shape index (κ1) is 16.0. The molecule has 5 heteroatoms. The van der Waals surface area contributed by atoms with Gasteiger partial charge >= 0.3 is 0 Å². The number of hydrogen-bond acceptors (Lipinski definition) is 3. The molecule has 0 fully saturated rings. The van der Waals surface area contributed by atoms with Gasteiger partial charge in [-0.25, -0.2) is 8.78 Å². The first-order valence-corrected chi connectivity index (χ1v) is 6.34. The highest BCUT2D eigenvalue weighted by Crippen LogP contribution is 2.33. The third kappa shape index (κ3) is 3.72. The van der Waals surface area contributed by atoms with E-state index < -0.39 is 17.7 Å². The lowest BCUT2D eigenvalue weighted by molar-refractivity contribution is -0.0374. The lowest BCUT2D eigenvalue weighted by atomic mass is 9.82. The Morgan fingerprint density at radius 2 is 1.95 bits per heavy atom. The molecule has 3 N–H and O–H groups in total. The fraction of sp³-hybridized carbons (Fsp3) is 0.571. The van der Waals surface area contributed by atoms with Crippen molar-refractivity contribution in [1.29, 1.82) is 0 Å². The average molecular weight is 272 g/mol. The molecule has 19 heavy (non-hydrogen) atoms. The van der Waals surface area contributed by atoms with E-state index in [-0.39, 0.29) is 17.1 Å². The van der Waals surface area contributed by atoms with Gasteiger partial charge in [0.1, 0.15) is 0 Å². The molecule has 0 aliphatic rings. The van der Waals surface area contributed by atoms with Crippen LogP contribution in [-0.4, -0.2) is 12.7 Å². The minimum absolute atomic E-state index is 0.177. The number of nitrogens with one attached hydrogen (secondary N) is 1. The van der Waals surface area contributed by atoms with Crippen LogP contribution in [0.5, 0.6) is 0 Å². The molecule has 2 atom stereocenters. The van der Waals surface area contributed by atoms with E-state index in [1.54, 1.807) is 0 Å². The van der Waals surface area contributed by atoms with E-state index in [0.29, 0.717) is 6.61 Å². The summed E-state index contributed by atoms with van der Waals surface area (Å²) in [5, 5.41) is 0. The second-order valence-corrected chi connectivity index (χ2v) is 5.53. The molecule has 108 valence electrons. The summed E-state index contributed by atoms with van der Waals surface area (Å²) in [4.78, 5) is 0. The van der Waals surface area contributed by atoms with Crippen molar-refractivity contribution in [2.45, 2.75) is 39.8 Å². The number of nitrogens with two attached hydrogens (primary N) is 1. The quantitative estimate of drug-likeness (QED) is 0.640. The number of ether oxygens (including phenoxy) is 1. The highest BCUT2D eigenvalue weighted by Gasteiger charge is 2.35. The van der Waals surface area contributed by atoms with Crippen molar-refractivity contribution >= 4 is 0 Å². The molecule has 0 spiro atoms. The van der Waals surface area contributed by atoms with Gasteiger partial charge in [-0.15, -0.1) is 0 Å². The zero-order valence-electron chi connectivity index (χ0n) is 11.8. The molecular weight excluding hydrogens is 250 g/mol. The minimum atomic E-state index is -0.889. The van der Waals surface area contributed by atoms with E-state index >= 15 is 0 Å². The minimum Gasteiger partial charge on any atom is -0.376 e. The molecule has 3 nitrogen and oxygen atoms in total. The van der Waals surface area contributed by atoms with E-state index in [4.69, 9.17) is 10.6 Å². The Balaban J connectivity index is 3.20. The van der Waals surface area contributed by atoms with E-state index in [1.165, 1.54) is 12.1 Å². The van der Waals surface area contributed by atoms with Crippen LogP contribution in [-0.2, 0) is 4.74 Å². The normalized spacial score (nSPS) is 15.3. The SMILES string of the molecule is CCOC(C(NN)c1cccc(F)c1F)C(C)(C)C. The summed E-state index contributed by atoms with van der Waals surface area (Å²) in [5.74, 6) is 3.76. The van der Waals surface area contributed by atoms with Crippen molar-refractivity contribution in [2.24, 2.45) is 11.3 Å². The van der Waals surface area contributed by atoms with Crippen molar-refractivity contribution in [3.63, 3.8) is 0 Å². The van der Waals surface area contributed by atoms with Crippen molar-refractivity contribution in [3.8, 4) is 0 Å². The van der Waals surface area contributed by atoms with Gasteiger partial charge in [-0.3, -0.25) is 11.3 Å². The van der Waals surface area contributed by atoms with E-state index in [0.717, 1.165) is 6.07 Å². The molecule has 1 rings (SSSR count). The van der Waals surface area contributed by atoms with Crippen molar-refractivity contribution < 1.29 is 13.5 Å². The molecule has 0 saturated carbocycles. The van der Waals surface area contributed by atoms with Crippen LogP contribution in [0.15, 0.2) is 18.2 Å². The Morgan fingerprint density at radius 1 is 1.32 bits per heavy atom. The molecular formula is C14H22F2N2O. The summed E-state index contributed by atoms with van der Waals surface area (Å²) in [6, 6.07) is 3.44. The van der Waals surface area contributed by atoms with Crippen LogP contribution in [0.1, 0.15) is 39.3 Å². The molecule has 1 aromatic rings. The maximum atomic E-state index is 13.9. The molecule has 0 aliphatic heterocycles. The van der Waals surface area contributed by atoms with Crippen LogP contribution >= 0.6 is 0 Å². The average Bonchev–Trinajstić information content (AvgIpc) is 2.33. The van der Waals surface area contributed by atoms with Crippen LogP contribution in [0.2, 0.25) is 0 Å². The molecule has 0 heterocycles. The Labute approximate surface area is 113 Å². The fourth-order valence-corrected chi connectivity index (χ4v) is 2.13. The molecule has 0 radical (unpaired) electrons. The summed E-state index contributed by atoms with van der Waals surface area (Å²) in [6.45, 7) is 8.23. The lowest BCUT2D eigenvalue weighted by Gasteiger charge is -2.36. The van der Waals surface area contributed by atoms with Crippen molar-refractivity contribution in [1.82, 2.24) is 5.43 Å². The molecule has 0 amide bonds. The number of hydrogen-bond donors (Lipinski definition) is 2. The largest absolute Gasteiger partial charge is 0.376 e. The number of halogens is 2. The first-order chi connectivity index (χ1) is 8.82. The van der Waals surface area contributed by atoms with Gasteiger partial charge in [-0.2, -0.15) is 0 Å². The van der Waals surface area contributed by atoms with Gasteiger partial charge in [0.2, 0.25) is 0 Å². The summed E-state index contributed by atoms with van der Waals surface area (Å²) in [5.41, 5.74) is 2.45. The molecule has 2 unspecified atom stereocenters. The summed E-state index contributed by atoms with van der Waals surface area (Å²) in [7, 11) is 0. The maximum Gasteiger partial charge on any atom is 0.163 e. The van der Waals surface area contributed by atoms with Crippen LogP contribution in [0.3, 0.4) is 0 Å². The number of benzene rings is 1. The van der Waals surface area contributed by atoms with Crippen molar-refractivity contribution in [2.75, 3.05) is 6.61 Å². The van der Waals surface area contributed by atoms with Gasteiger partial charge in [0.15, 0.2) is 11.6 Å². The second-order valence-electron chi connectivity index (χ2n) is 5.53. The second kappa shape index (κ2) is 6.41. The third-order valence-electron chi connectivity index (χ3n) is 3.00. The Morgan fingerprint density at radius 3 is 2.42 bits per heavy atom. The van der Waals surface area contributed by atoms with E-state index in [2.05, 4.69) is 5.43 Å². The highest BCUT2D eigenvalue weighted by atomic mass is 19.2. The van der Waals surface area contributed by atoms with E-state index in [1.807, 2.05) is 27.7 Å². The molecule has 0 saturated heterocycles. The van der Waals surface area contributed by atoms with Crippen LogP contribution in [0.25, 0.3) is 0 Å². The summed E-state index contributed by atoms with van der Waals surface area (Å²) < 4.78 is 32.9. The highest BCUT2D eigenvalue weighted by molar-refractivity contribution is 5.24. The standard InChI is InChI=1S/C14H22F2N2O/c1-5-19-13(14(2,3)4)12(18-17)9-7-6-8-10(15)11(9)16/h6-8,12-13,18H,5,17H2,1-4H3. The number of hydrazine groups is 1. The molecule has 0 aromatic heterocycles. The molecule has 0 aliphatic carbocycles. The molecule has 1 aromatic carbocycles. The van der Waals surface area contributed by atoms with Gasteiger partial charge in [0.05, 0.1) is 12.1 Å². The Kier molecular flexibility index (Phi) is 5.40. The number of rotatable bonds is 5. The molecule has 0 bridgehead atoms. The maximum absolute atomic E-state index is 13.9. The van der Waals surface area contributed by atoms with Gasteiger partial charge < -0.3 is 4.74 Å². The zero-order chi connectivity index (χ0) is 14.6. The van der Waals surface area contributed by atoms with Crippen LogP contribution in [0, 0.1) is 17.0 Å². The first-order valence-electron chi connectivity index (χ1n) is 6.34. The predicted molar refractivity (Wildman–Crippen MR) is 71.3 cm³/mol. The summed E-state index contributed by atoms with van der Waals surface area (Å²) in [6.07, 6.45) is -0.376. The topological polar surface area (TPSA) is 47.3 Å². The fourth-order valence-electron chi connectivity index (χ4n) is 2.13. The van der Waals surface area contributed by atoms with Gasteiger partial charge in [0.25, 0.3) is 0 Å². The Bertz CT molecular complexity index is 418. The zero-order valence-corrected chi connectivity index (χ0v) is 11.8. The smallest absolute Gasteiger partial charge is 0.163 e. The van der Waals surface area contributed by atoms with Crippen molar-refractivity contribution in [3.05, 3.63) is 35.4 Å². The lowest BCUT2D eigenvalue weighted by Crippen LogP contribution is -2.45. The van der Waals surface area contributed by atoms with Crippen LogP contribution < -0.4 is 11.3 Å². The van der Waals surface area contributed by atoms with E-state index in [9.17, 15) is 8.78 Å². The monoisotopic (exact) mass is 272 g/mol. The van der Waals surface area contributed by atoms with Gasteiger partial charge in [0, 0.05) is 12.2 Å². The van der Waals surface area contributed by atoms with Crippen LogP contribution in [0.4, 0.5) is 8.78 Å². The third-order valence-corrected chi connectivity index (χ3v) is 3.00. The summed E-state index contributed by atoms with van der Waals surface area (Å²) >= 11 is 0. The Hall–Kier alpha value is -1.04. The van der Waals surface area contributed by atoms with Gasteiger partial charge in [-0.1, -0.05) is 32.9 Å². The predicted octanol–water partition coefficient (Wildman–Crippen LogP) is 2.92.